The van der Waals surface area contributed by atoms with E-state index in [9.17, 15) is 56.9 Å². The molecule has 0 amide bonds. The van der Waals surface area contributed by atoms with Crippen LogP contribution in [0.5, 0.6) is 0 Å². The second-order valence-corrected chi connectivity index (χ2v) is 11.1. The summed E-state index contributed by atoms with van der Waals surface area (Å²) < 4.78 is 304. The van der Waals surface area contributed by atoms with Gasteiger partial charge in [-0.3, -0.25) is 0 Å². The minimum Gasteiger partial charge on any atom is -0.207 e. The molecular weight excluding hydrogens is 811 g/mol. The van der Waals surface area contributed by atoms with Crippen molar-refractivity contribution in [2.45, 2.75) is 5.75 Å². The van der Waals surface area contributed by atoms with Crippen LogP contribution in [0.1, 0.15) is 5.56 Å². The van der Waals surface area contributed by atoms with Crippen LogP contribution < -0.4 is 21.9 Å². The molecule has 0 fully saturated rings. The molecule has 0 unspecified atom stereocenters. The van der Waals surface area contributed by atoms with Gasteiger partial charge in [0.15, 0.2) is 69.8 Å². The maximum absolute atomic E-state index is 15.4. The third-order valence-electron chi connectivity index (χ3n) is 7.78. The number of hydrogen-bond donors (Lipinski definition) is 0. The minimum absolute atomic E-state index is 0.570. The van der Waals surface area contributed by atoms with Crippen molar-refractivity contribution in [1.82, 2.24) is 0 Å². The molecule has 0 aliphatic carbocycles. The first-order valence-electron chi connectivity index (χ1n) is 13.7. The van der Waals surface area contributed by atoms with Gasteiger partial charge in [-0.2, -0.15) is 0 Å². The van der Waals surface area contributed by atoms with Crippen LogP contribution in [-0.2, 0) is 21.6 Å². The third-order valence-corrected chi connectivity index (χ3v) is 8.23. The zero-order valence-corrected chi connectivity index (χ0v) is 25.9. The van der Waals surface area contributed by atoms with E-state index >= 15 is 35.1 Å². The first-order valence-corrected chi connectivity index (χ1v) is 14.6. The number of benzene rings is 5. The molecule has 54 heavy (non-hydrogen) atoms. The number of rotatable bonds is 6. The van der Waals surface area contributed by atoms with E-state index in [0.717, 1.165) is 5.56 Å². The molecular formula is C31H7BF20OS. The van der Waals surface area contributed by atoms with E-state index in [0.29, 0.717) is 17.4 Å². The second kappa shape index (κ2) is 15.3. The van der Waals surface area contributed by atoms with Gasteiger partial charge in [0.25, 0.3) is 5.75 Å². The number of halogens is 20. The Morgan fingerprint density at radius 3 is 0.685 bits per heavy atom. The molecule has 0 bridgehead atoms. The quantitative estimate of drug-likeness (QED) is 0.0573. The molecule has 0 N–H and O–H groups in total. The van der Waals surface area contributed by atoms with Crippen LogP contribution >= 0.6 is 0 Å². The molecule has 0 aromatic heterocycles. The van der Waals surface area contributed by atoms with Gasteiger partial charge in [0.05, 0.1) is 0 Å². The van der Waals surface area contributed by atoms with E-state index in [1.165, 1.54) is 0 Å². The van der Waals surface area contributed by atoms with Crippen molar-refractivity contribution < 1.29 is 92.0 Å². The molecule has 0 radical (unpaired) electrons. The van der Waals surface area contributed by atoms with Gasteiger partial charge in [-0.15, -0.1) is 21.9 Å². The van der Waals surface area contributed by atoms with E-state index in [4.69, 9.17) is 0 Å². The highest BCUT2D eigenvalue weighted by Gasteiger charge is 2.52. The summed E-state index contributed by atoms with van der Waals surface area (Å²) in [6.07, 6.45) is -7.22. The molecule has 0 atom stereocenters. The van der Waals surface area contributed by atoms with Gasteiger partial charge in [-0.25, -0.2) is 87.8 Å². The lowest BCUT2D eigenvalue weighted by Gasteiger charge is -2.44. The van der Waals surface area contributed by atoms with Gasteiger partial charge in [0.1, 0.15) is 52.7 Å². The molecule has 23 heteroatoms. The van der Waals surface area contributed by atoms with Crippen molar-refractivity contribution in [2.24, 2.45) is 0 Å². The SMILES string of the molecule is Fc1c(F)c(F)c([B-](c2c(F)c(F)c(F)c(F)c2F)(c2c(F)c(F)c(F)c(F)c2F)c2c(F)c(F)c(F)c(F)c2F)c(F)c1F.O=[S+]Cc1ccccc1. The molecule has 5 aromatic carbocycles. The Kier molecular flexibility index (Phi) is 11.7. The Bertz CT molecular complexity index is 1950. The average Bonchev–Trinajstić information content (AvgIpc) is 3.15. The lowest BCUT2D eigenvalue weighted by molar-refractivity contribution is 0.378. The highest BCUT2D eigenvalue weighted by atomic mass is 32.1. The topological polar surface area (TPSA) is 17.1 Å². The predicted molar refractivity (Wildman–Crippen MR) is 147 cm³/mol. The molecule has 0 spiro atoms. The Morgan fingerprint density at radius 1 is 0.315 bits per heavy atom. The summed E-state index contributed by atoms with van der Waals surface area (Å²) in [6.45, 7) is 0. The maximum Gasteiger partial charge on any atom is 0.463 e. The summed E-state index contributed by atoms with van der Waals surface area (Å²) in [5.41, 5.74) is -13.2. The summed E-state index contributed by atoms with van der Waals surface area (Å²) in [4.78, 5) is 0. The van der Waals surface area contributed by atoms with E-state index in [1.807, 2.05) is 30.3 Å². The Hall–Kier alpha value is -5.22. The average molecular weight is 818 g/mol. The molecule has 5 rings (SSSR count). The first kappa shape index (κ1) is 41.5. The minimum atomic E-state index is -7.22. The van der Waals surface area contributed by atoms with Crippen molar-refractivity contribution in [3.8, 4) is 0 Å². The molecule has 0 saturated carbocycles. The van der Waals surface area contributed by atoms with Crippen LogP contribution in [0.4, 0.5) is 87.8 Å². The zero-order valence-electron chi connectivity index (χ0n) is 25.0. The van der Waals surface area contributed by atoms with Crippen LogP contribution in [0, 0.1) is 116 Å². The maximum atomic E-state index is 15.4. The summed E-state index contributed by atoms with van der Waals surface area (Å²) in [6, 6.07) is 9.71. The van der Waals surface area contributed by atoms with E-state index < -0.39 is 144 Å². The van der Waals surface area contributed by atoms with Crippen LogP contribution in [0.25, 0.3) is 0 Å². The second-order valence-electron chi connectivity index (χ2n) is 10.5. The highest BCUT2D eigenvalue weighted by molar-refractivity contribution is 7.64. The van der Waals surface area contributed by atoms with Crippen LogP contribution in [0.15, 0.2) is 30.3 Å². The Balaban J connectivity index is 0.000000631. The molecule has 1 nitrogen and oxygen atoms in total. The Morgan fingerprint density at radius 2 is 0.500 bits per heavy atom. The largest absolute Gasteiger partial charge is 0.463 e. The summed E-state index contributed by atoms with van der Waals surface area (Å²) in [7, 11) is 0. The van der Waals surface area contributed by atoms with Crippen LogP contribution in [0.2, 0.25) is 0 Å². The van der Waals surface area contributed by atoms with Gasteiger partial charge in [0.2, 0.25) is 0 Å². The van der Waals surface area contributed by atoms with Crippen molar-refractivity contribution in [3.63, 3.8) is 0 Å². The van der Waals surface area contributed by atoms with Crippen molar-refractivity contribution >= 4 is 39.7 Å². The van der Waals surface area contributed by atoms with E-state index in [-0.39, 0.29) is 0 Å². The third kappa shape index (κ3) is 6.20. The summed E-state index contributed by atoms with van der Waals surface area (Å²) in [5.74, 6) is -70.8. The van der Waals surface area contributed by atoms with Gasteiger partial charge < -0.3 is 0 Å². The standard InChI is InChI=1S/C24BF20.C7H7OS/c26-5-1(6(27)14(35)21(42)13(5)34)25(2-7(28)15(36)22(43)16(37)8(2)29,3-9(30)17(38)23(44)18(39)10(3)31)4-11(32)19(40)24(45)20(41)12(4)33;8-9-6-7-4-2-1-3-5-7/h;1-5H,6H2/q-1;+1. The highest BCUT2D eigenvalue weighted by Crippen LogP contribution is 2.30. The molecule has 0 saturated heterocycles. The van der Waals surface area contributed by atoms with Crippen LogP contribution in [-0.4, -0.2) is 6.15 Å². The molecule has 286 valence electrons. The smallest absolute Gasteiger partial charge is 0.207 e. The normalized spacial score (nSPS) is 11.5. The predicted octanol–water partition coefficient (Wildman–Crippen LogP) is 7.46. The lowest BCUT2D eigenvalue weighted by atomic mass is 9.12. The van der Waals surface area contributed by atoms with Gasteiger partial charge >= 0.3 is 11.7 Å². The first-order chi connectivity index (χ1) is 25.1. The van der Waals surface area contributed by atoms with Gasteiger partial charge in [0, 0.05) is 9.77 Å². The van der Waals surface area contributed by atoms with Crippen molar-refractivity contribution in [2.75, 3.05) is 0 Å². The Labute approximate surface area is 289 Å². The zero-order chi connectivity index (χ0) is 40.9. The fourth-order valence-corrected chi connectivity index (χ4v) is 5.85. The van der Waals surface area contributed by atoms with E-state index in [2.05, 4.69) is 0 Å². The van der Waals surface area contributed by atoms with Crippen LogP contribution in [0.3, 0.4) is 0 Å². The fourth-order valence-electron chi connectivity index (χ4n) is 5.52. The van der Waals surface area contributed by atoms with Crippen molar-refractivity contribution in [1.29, 1.82) is 0 Å². The molecule has 0 aliphatic heterocycles. The van der Waals surface area contributed by atoms with Crippen molar-refractivity contribution in [3.05, 3.63) is 152 Å². The summed E-state index contributed by atoms with van der Waals surface area (Å²) in [5, 5.41) is 0. The van der Waals surface area contributed by atoms with Gasteiger partial charge in [-0.1, -0.05) is 30.3 Å². The molecule has 0 aliphatic rings. The van der Waals surface area contributed by atoms with E-state index in [1.54, 1.807) is 0 Å². The lowest BCUT2D eigenvalue weighted by Crippen LogP contribution is -2.81. The molecule has 0 heterocycles. The van der Waals surface area contributed by atoms with Gasteiger partial charge in [-0.05, 0) is 0 Å². The fraction of sp³-hybridized carbons (Fsp3) is 0.0323. The number of hydrogen-bond acceptors (Lipinski definition) is 1. The molecule has 5 aromatic rings. The monoisotopic (exact) mass is 818 g/mol. The summed E-state index contributed by atoms with van der Waals surface area (Å²) >= 11 is 0.605.